The maximum atomic E-state index is 13.2. The van der Waals surface area contributed by atoms with Crippen LogP contribution in [0.25, 0.3) is 0 Å². The fourth-order valence-electron chi connectivity index (χ4n) is 2.59. The summed E-state index contributed by atoms with van der Waals surface area (Å²) in [7, 11) is 0. The van der Waals surface area contributed by atoms with Gasteiger partial charge in [0.2, 0.25) is 0 Å². The van der Waals surface area contributed by atoms with Crippen molar-refractivity contribution in [2.24, 2.45) is 5.10 Å². The number of benzene rings is 3. The molecule has 0 fully saturated rings. The summed E-state index contributed by atoms with van der Waals surface area (Å²) < 4.78 is 13.2. The zero-order valence-electron chi connectivity index (χ0n) is 15.7. The van der Waals surface area contributed by atoms with E-state index in [1.807, 2.05) is 0 Å². The summed E-state index contributed by atoms with van der Waals surface area (Å²) in [6.07, 6.45) is 0. The molecular formula is C22H16Cl2FN3O2. The number of anilines is 1. The second kappa shape index (κ2) is 9.52. The van der Waals surface area contributed by atoms with Crippen LogP contribution >= 0.6 is 23.2 Å². The van der Waals surface area contributed by atoms with E-state index >= 15 is 0 Å². The van der Waals surface area contributed by atoms with Crippen molar-refractivity contribution in [3.05, 3.63) is 99.3 Å². The average Bonchev–Trinajstić information content (AvgIpc) is 2.71. The van der Waals surface area contributed by atoms with Crippen LogP contribution in [0.5, 0.6) is 0 Å². The maximum absolute atomic E-state index is 13.2. The van der Waals surface area contributed by atoms with E-state index in [1.54, 1.807) is 43.3 Å². The predicted octanol–water partition coefficient (Wildman–Crippen LogP) is 5.54. The van der Waals surface area contributed by atoms with Crippen molar-refractivity contribution in [1.82, 2.24) is 5.43 Å². The molecule has 152 valence electrons. The van der Waals surface area contributed by atoms with Gasteiger partial charge in [-0.05, 0) is 61.0 Å². The molecule has 8 heteroatoms. The van der Waals surface area contributed by atoms with Gasteiger partial charge in [0.05, 0.1) is 16.3 Å². The summed E-state index contributed by atoms with van der Waals surface area (Å²) in [5, 5.41) is 7.49. The van der Waals surface area contributed by atoms with Gasteiger partial charge in [0, 0.05) is 16.3 Å². The zero-order valence-corrected chi connectivity index (χ0v) is 17.3. The van der Waals surface area contributed by atoms with Crippen LogP contribution in [0.2, 0.25) is 10.0 Å². The Balaban J connectivity index is 1.71. The van der Waals surface area contributed by atoms with Crippen molar-refractivity contribution in [1.29, 1.82) is 0 Å². The molecule has 0 unspecified atom stereocenters. The summed E-state index contributed by atoms with van der Waals surface area (Å²) >= 11 is 11.9. The van der Waals surface area contributed by atoms with E-state index in [1.165, 1.54) is 24.3 Å². The third-order valence-corrected chi connectivity index (χ3v) is 4.67. The largest absolute Gasteiger partial charge is 0.322 e. The minimum Gasteiger partial charge on any atom is -0.322 e. The van der Waals surface area contributed by atoms with Gasteiger partial charge in [-0.2, -0.15) is 5.10 Å². The van der Waals surface area contributed by atoms with Gasteiger partial charge in [0.15, 0.2) is 0 Å². The first kappa shape index (κ1) is 21.5. The van der Waals surface area contributed by atoms with Crippen LogP contribution in [0.1, 0.15) is 33.2 Å². The second-order valence-corrected chi connectivity index (χ2v) is 7.15. The Labute approximate surface area is 182 Å². The predicted molar refractivity (Wildman–Crippen MR) is 117 cm³/mol. The lowest BCUT2D eigenvalue weighted by Crippen LogP contribution is -2.19. The molecule has 2 amide bonds. The van der Waals surface area contributed by atoms with Crippen LogP contribution in [0.3, 0.4) is 0 Å². The minimum absolute atomic E-state index is 0.160. The molecule has 3 aromatic rings. The molecule has 0 aliphatic heterocycles. The van der Waals surface area contributed by atoms with E-state index in [9.17, 15) is 14.0 Å². The molecule has 0 aliphatic carbocycles. The van der Waals surface area contributed by atoms with Gasteiger partial charge in [-0.15, -0.1) is 0 Å². The zero-order chi connectivity index (χ0) is 21.7. The molecule has 5 nitrogen and oxygen atoms in total. The number of hydrogen-bond acceptors (Lipinski definition) is 3. The first-order valence-corrected chi connectivity index (χ1v) is 9.56. The number of rotatable bonds is 5. The monoisotopic (exact) mass is 443 g/mol. The molecule has 3 aromatic carbocycles. The second-order valence-electron chi connectivity index (χ2n) is 6.31. The molecule has 30 heavy (non-hydrogen) atoms. The molecule has 3 rings (SSSR count). The summed E-state index contributed by atoms with van der Waals surface area (Å²) in [5.74, 6) is -1.42. The Hall–Kier alpha value is -3.22. The fourth-order valence-corrected chi connectivity index (χ4v) is 3.08. The Morgan fingerprint density at radius 1 is 0.900 bits per heavy atom. The number of hydrogen-bond donors (Lipinski definition) is 2. The number of carbonyl (C=O) groups is 2. The summed E-state index contributed by atoms with van der Waals surface area (Å²) in [6, 6.07) is 16.8. The van der Waals surface area contributed by atoms with Crippen LogP contribution in [0.15, 0.2) is 71.8 Å². The molecule has 0 saturated heterocycles. The molecule has 0 aromatic heterocycles. The van der Waals surface area contributed by atoms with Gasteiger partial charge >= 0.3 is 0 Å². The van der Waals surface area contributed by atoms with Gasteiger partial charge in [-0.25, -0.2) is 9.82 Å². The Bertz CT molecular complexity index is 1150. The van der Waals surface area contributed by atoms with E-state index in [0.717, 1.165) is 6.07 Å². The van der Waals surface area contributed by atoms with E-state index in [4.69, 9.17) is 23.2 Å². The van der Waals surface area contributed by atoms with Crippen molar-refractivity contribution >= 4 is 46.4 Å². The number of halogens is 3. The van der Waals surface area contributed by atoms with E-state index in [0.29, 0.717) is 27.5 Å². The van der Waals surface area contributed by atoms with Gasteiger partial charge in [-0.3, -0.25) is 9.59 Å². The average molecular weight is 444 g/mol. The fraction of sp³-hybridized carbons (Fsp3) is 0.0455. The number of nitrogens with zero attached hydrogens (tertiary/aromatic N) is 1. The molecule has 0 saturated carbocycles. The summed E-state index contributed by atoms with van der Waals surface area (Å²) in [5.41, 5.74) is 4.54. The molecule has 0 spiro atoms. The molecule has 0 bridgehead atoms. The molecule has 0 heterocycles. The van der Waals surface area contributed by atoms with Gasteiger partial charge in [-0.1, -0.05) is 41.4 Å². The van der Waals surface area contributed by atoms with Gasteiger partial charge < -0.3 is 5.32 Å². The Morgan fingerprint density at radius 2 is 1.63 bits per heavy atom. The number of amides is 2. The SMILES string of the molecule is C/C(=N/NC(=O)c1cccc(F)c1)c1cccc(NC(=O)c2ccc(Cl)cc2Cl)c1. The molecular weight excluding hydrogens is 428 g/mol. The number of hydrazone groups is 1. The lowest BCUT2D eigenvalue weighted by molar-refractivity contribution is 0.0953. The number of carbonyl (C=O) groups excluding carboxylic acids is 2. The highest BCUT2D eigenvalue weighted by Crippen LogP contribution is 2.22. The van der Waals surface area contributed by atoms with Crippen molar-refractivity contribution in [2.75, 3.05) is 5.32 Å². The standard InChI is InChI=1S/C22H16Cl2FN3O2/c1-13(27-28-21(29)15-5-2-6-17(25)10-15)14-4-3-7-18(11-14)26-22(30)19-9-8-16(23)12-20(19)24/h2-12H,1H3,(H,26,30)(H,28,29)/b27-13-. The lowest BCUT2D eigenvalue weighted by atomic mass is 10.1. The first-order chi connectivity index (χ1) is 14.3. The topological polar surface area (TPSA) is 70.6 Å². The van der Waals surface area contributed by atoms with Gasteiger partial charge in [0.25, 0.3) is 11.8 Å². The van der Waals surface area contributed by atoms with Crippen LogP contribution in [-0.4, -0.2) is 17.5 Å². The highest BCUT2D eigenvalue weighted by atomic mass is 35.5. The quantitative estimate of drug-likeness (QED) is 0.401. The highest BCUT2D eigenvalue weighted by Gasteiger charge is 2.12. The normalized spacial score (nSPS) is 11.1. The third kappa shape index (κ3) is 5.43. The van der Waals surface area contributed by atoms with Crippen LogP contribution < -0.4 is 10.7 Å². The van der Waals surface area contributed by atoms with E-state index < -0.39 is 11.7 Å². The lowest BCUT2D eigenvalue weighted by Gasteiger charge is -2.09. The minimum atomic E-state index is -0.532. The molecule has 0 atom stereocenters. The Morgan fingerprint density at radius 3 is 2.37 bits per heavy atom. The van der Waals surface area contributed by atoms with Gasteiger partial charge in [0.1, 0.15) is 5.82 Å². The van der Waals surface area contributed by atoms with E-state index in [-0.39, 0.29) is 16.5 Å². The Kier molecular flexibility index (Phi) is 6.82. The maximum Gasteiger partial charge on any atom is 0.271 e. The van der Waals surface area contributed by atoms with Crippen LogP contribution in [0.4, 0.5) is 10.1 Å². The number of nitrogens with one attached hydrogen (secondary N) is 2. The van der Waals surface area contributed by atoms with Crippen LogP contribution in [-0.2, 0) is 0 Å². The van der Waals surface area contributed by atoms with Crippen molar-refractivity contribution < 1.29 is 14.0 Å². The van der Waals surface area contributed by atoms with Crippen molar-refractivity contribution in [2.45, 2.75) is 6.92 Å². The summed E-state index contributed by atoms with van der Waals surface area (Å²) in [4.78, 5) is 24.6. The first-order valence-electron chi connectivity index (χ1n) is 8.80. The molecule has 2 N–H and O–H groups in total. The molecule has 0 aliphatic rings. The van der Waals surface area contributed by atoms with Crippen LogP contribution in [0, 0.1) is 5.82 Å². The van der Waals surface area contributed by atoms with Crippen molar-refractivity contribution in [3.8, 4) is 0 Å². The third-order valence-electron chi connectivity index (χ3n) is 4.13. The smallest absolute Gasteiger partial charge is 0.271 e. The molecule has 0 radical (unpaired) electrons. The van der Waals surface area contributed by atoms with E-state index in [2.05, 4.69) is 15.8 Å². The van der Waals surface area contributed by atoms with Crippen molar-refractivity contribution in [3.63, 3.8) is 0 Å². The summed E-state index contributed by atoms with van der Waals surface area (Å²) in [6.45, 7) is 1.70. The highest BCUT2D eigenvalue weighted by molar-refractivity contribution is 6.37.